The third kappa shape index (κ3) is 3.86. The van der Waals surface area contributed by atoms with E-state index in [-0.39, 0.29) is 24.5 Å². The second kappa shape index (κ2) is 9.19. The summed E-state index contributed by atoms with van der Waals surface area (Å²) in [7, 11) is 4.46. The normalized spacial score (nSPS) is 18.0. The number of amides is 1. The lowest BCUT2D eigenvalue weighted by Gasteiger charge is -2.26. The van der Waals surface area contributed by atoms with E-state index >= 15 is 0 Å². The molecular formula is C22H22ClNO6. The van der Waals surface area contributed by atoms with Crippen LogP contribution in [0.4, 0.5) is 0 Å². The third-order valence-corrected chi connectivity index (χ3v) is 5.25. The largest absolute Gasteiger partial charge is 0.507 e. The number of likely N-dealkylation sites (tertiary alicyclic amines) is 1. The molecule has 1 aliphatic rings. The van der Waals surface area contributed by atoms with Crippen molar-refractivity contribution in [3.8, 4) is 11.5 Å². The van der Waals surface area contributed by atoms with E-state index in [1.807, 2.05) is 0 Å². The van der Waals surface area contributed by atoms with Crippen molar-refractivity contribution >= 4 is 29.1 Å². The molecule has 1 atom stereocenters. The molecule has 0 radical (unpaired) electrons. The van der Waals surface area contributed by atoms with Gasteiger partial charge >= 0.3 is 0 Å². The van der Waals surface area contributed by atoms with Gasteiger partial charge in [-0.2, -0.15) is 0 Å². The van der Waals surface area contributed by atoms with Crippen LogP contribution in [0.25, 0.3) is 5.76 Å². The zero-order valence-corrected chi connectivity index (χ0v) is 17.6. The number of methoxy groups -OCH3 is 3. The van der Waals surface area contributed by atoms with E-state index in [0.717, 1.165) is 0 Å². The number of hydrogen-bond acceptors (Lipinski definition) is 6. The fourth-order valence-corrected chi connectivity index (χ4v) is 3.67. The van der Waals surface area contributed by atoms with E-state index < -0.39 is 17.7 Å². The van der Waals surface area contributed by atoms with Crippen LogP contribution >= 0.6 is 11.6 Å². The minimum Gasteiger partial charge on any atom is -0.507 e. The van der Waals surface area contributed by atoms with Crippen molar-refractivity contribution in [1.82, 2.24) is 4.90 Å². The number of aliphatic hydroxyl groups is 1. The standard InChI is InChI=1S/C22H22ClNO6/c1-28-11-10-24-19(14-6-4-5-7-16(14)29-2)18(21(26)22(24)27)20(25)13-8-9-15(23)17(12-13)30-3/h4-9,12,19,25H,10-11H2,1-3H3/b20-18+. The van der Waals surface area contributed by atoms with Gasteiger partial charge in [0.25, 0.3) is 11.7 Å². The Morgan fingerprint density at radius 1 is 1.07 bits per heavy atom. The van der Waals surface area contributed by atoms with Crippen LogP contribution in [0.1, 0.15) is 17.2 Å². The van der Waals surface area contributed by atoms with E-state index in [1.165, 1.54) is 32.3 Å². The summed E-state index contributed by atoms with van der Waals surface area (Å²) in [6.07, 6.45) is 0. The molecule has 1 unspecified atom stereocenters. The average molecular weight is 432 g/mol. The van der Waals surface area contributed by atoms with Gasteiger partial charge in [0.2, 0.25) is 0 Å². The van der Waals surface area contributed by atoms with Gasteiger partial charge in [-0.05, 0) is 24.3 Å². The number of Topliss-reactive ketones (excluding diaryl/α,β-unsaturated/α-hetero) is 1. The Bertz CT molecular complexity index is 1000. The van der Waals surface area contributed by atoms with Gasteiger partial charge < -0.3 is 24.2 Å². The molecule has 158 valence electrons. The first-order valence-corrected chi connectivity index (χ1v) is 9.56. The second-order valence-electron chi connectivity index (χ2n) is 6.58. The van der Waals surface area contributed by atoms with Gasteiger partial charge in [0, 0.05) is 24.8 Å². The molecule has 7 nitrogen and oxygen atoms in total. The first kappa shape index (κ1) is 21.7. The summed E-state index contributed by atoms with van der Waals surface area (Å²) < 4.78 is 15.8. The highest BCUT2D eigenvalue weighted by molar-refractivity contribution is 6.46. The number of halogens is 1. The van der Waals surface area contributed by atoms with E-state index in [4.69, 9.17) is 25.8 Å². The van der Waals surface area contributed by atoms with Crippen LogP contribution in [-0.4, -0.2) is 56.2 Å². The highest BCUT2D eigenvalue weighted by Crippen LogP contribution is 2.43. The van der Waals surface area contributed by atoms with Crippen molar-refractivity contribution in [2.75, 3.05) is 34.5 Å². The van der Waals surface area contributed by atoms with E-state index in [9.17, 15) is 14.7 Å². The molecule has 1 aliphatic heterocycles. The number of rotatable bonds is 7. The summed E-state index contributed by atoms with van der Waals surface area (Å²) in [4.78, 5) is 27.1. The van der Waals surface area contributed by atoms with Crippen LogP contribution in [0.5, 0.6) is 11.5 Å². The molecule has 0 saturated carbocycles. The van der Waals surface area contributed by atoms with Crippen LogP contribution in [0.3, 0.4) is 0 Å². The molecular weight excluding hydrogens is 410 g/mol. The van der Waals surface area contributed by atoms with Crippen LogP contribution in [0, 0.1) is 0 Å². The zero-order chi connectivity index (χ0) is 21.8. The molecule has 0 aliphatic carbocycles. The van der Waals surface area contributed by atoms with Gasteiger partial charge in [0.15, 0.2) is 0 Å². The monoisotopic (exact) mass is 431 g/mol. The van der Waals surface area contributed by atoms with Crippen LogP contribution < -0.4 is 9.47 Å². The first-order valence-electron chi connectivity index (χ1n) is 9.18. The molecule has 2 aromatic carbocycles. The summed E-state index contributed by atoms with van der Waals surface area (Å²) in [5.74, 6) is -0.993. The van der Waals surface area contributed by atoms with Crippen molar-refractivity contribution in [3.05, 3.63) is 64.2 Å². The number of carbonyl (C=O) groups is 2. The summed E-state index contributed by atoms with van der Waals surface area (Å²) in [5.41, 5.74) is 0.851. The van der Waals surface area contributed by atoms with E-state index in [1.54, 1.807) is 36.4 Å². The summed E-state index contributed by atoms with van der Waals surface area (Å²) in [5, 5.41) is 11.4. The molecule has 1 N–H and O–H groups in total. The van der Waals surface area contributed by atoms with Gasteiger partial charge in [-0.25, -0.2) is 0 Å². The zero-order valence-electron chi connectivity index (χ0n) is 16.8. The van der Waals surface area contributed by atoms with E-state index in [2.05, 4.69) is 0 Å². The smallest absolute Gasteiger partial charge is 0.295 e. The van der Waals surface area contributed by atoms with Gasteiger partial charge in [-0.15, -0.1) is 0 Å². The number of ketones is 1. The van der Waals surface area contributed by atoms with Crippen LogP contribution in [0.15, 0.2) is 48.0 Å². The summed E-state index contributed by atoms with van der Waals surface area (Å²) in [6.45, 7) is 0.401. The average Bonchev–Trinajstić information content (AvgIpc) is 3.02. The maximum Gasteiger partial charge on any atom is 0.295 e. The minimum atomic E-state index is -0.835. The Hall–Kier alpha value is -3.03. The predicted molar refractivity (Wildman–Crippen MR) is 112 cm³/mol. The molecule has 1 heterocycles. The number of benzene rings is 2. The number of hydrogen-bond donors (Lipinski definition) is 1. The molecule has 30 heavy (non-hydrogen) atoms. The maximum atomic E-state index is 13.0. The van der Waals surface area contributed by atoms with E-state index in [0.29, 0.717) is 27.6 Å². The number of para-hydroxylation sites is 1. The maximum absolute atomic E-state index is 13.0. The van der Waals surface area contributed by atoms with Gasteiger partial charge in [0.1, 0.15) is 17.3 Å². The van der Waals surface area contributed by atoms with Crippen LogP contribution in [-0.2, 0) is 14.3 Å². The number of nitrogens with zero attached hydrogens (tertiary/aromatic N) is 1. The van der Waals surface area contributed by atoms with Gasteiger partial charge in [0.05, 0.1) is 37.5 Å². The van der Waals surface area contributed by atoms with Gasteiger partial charge in [-0.1, -0.05) is 29.8 Å². The van der Waals surface area contributed by atoms with Crippen molar-refractivity contribution in [3.63, 3.8) is 0 Å². The molecule has 8 heteroatoms. The fraction of sp³-hybridized carbons (Fsp3) is 0.273. The second-order valence-corrected chi connectivity index (χ2v) is 6.98. The molecule has 3 rings (SSSR count). The molecule has 1 fully saturated rings. The summed E-state index contributed by atoms with van der Waals surface area (Å²) in [6, 6.07) is 10.8. The topological polar surface area (TPSA) is 85.3 Å². The molecule has 2 aromatic rings. The quantitative estimate of drug-likeness (QED) is 0.410. The molecule has 0 aromatic heterocycles. The Morgan fingerprint density at radius 2 is 1.77 bits per heavy atom. The minimum absolute atomic E-state index is 0.0371. The molecule has 0 spiro atoms. The number of carbonyl (C=O) groups excluding carboxylic acids is 2. The number of aliphatic hydroxyl groups excluding tert-OH is 1. The van der Waals surface area contributed by atoms with Crippen molar-refractivity contribution in [2.24, 2.45) is 0 Å². The molecule has 0 bridgehead atoms. The lowest BCUT2D eigenvalue weighted by molar-refractivity contribution is -0.140. The lowest BCUT2D eigenvalue weighted by atomic mass is 9.94. The highest BCUT2D eigenvalue weighted by atomic mass is 35.5. The van der Waals surface area contributed by atoms with Crippen molar-refractivity contribution < 1.29 is 28.9 Å². The highest BCUT2D eigenvalue weighted by Gasteiger charge is 2.46. The molecule has 1 amide bonds. The SMILES string of the molecule is COCCN1C(=O)C(=O)/C(=C(/O)c2ccc(Cl)c(OC)c2)C1c1ccccc1OC. The lowest BCUT2D eigenvalue weighted by Crippen LogP contribution is -2.32. The Kier molecular flexibility index (Phi) is 6.64. The number of ether oxygens (including phenoxy) is 3. The summed E-state index contributed by atoms with van der Waals surface area (Å²) >= 11 is 6.07. The first-order chi connectivity index (χ1) is 14.4. The fourth-order valence-electron chi connectivity index (χ4n) is 3.48. The molecule has 1 saturated heterocycles. The third-order valence-electron chi connectivity index (χ3n) is 4.93. The Labute approximate surface area is 179 Å². The van der Waals surface area contributed by atoms with Gasteiger partial charge in [-0.3, -0.25) is 9.59 Å². The predicted octanol–water partition coefficient (Wildman–Crippen LogP) is 3.43. The Morgan fingerprint density at radius 3 is 2.43 bits per heavy atom. The van der Waals surface area contributed by atoms with Crippen LogP contribution in [0.2, 0.25) is 5.02 Å². The van der Waals surface area contributed by atoms with Crippen molar-refractivity contribution in [2.45, 2.75) is 6.04 Å². The van der Waals surface area contributed by atoms with Crippen molar-refractivity contribution in [1.29, 1.82) is 0 Å². The Balaban J connectivity index is 2.22.